The highest BCUT2D eigenvalue weighted by Crippen LogP contribution is 2.16. The normalized spacial score (nSPS) is 12.4. The predicted molar refractivity (Wildman–Crippen MR) is 74.7 cm³/mol. The molecule has 0 aliphatic carbocycles. The molecule has 0 aromatic carbocycles. The highest BCUT2D eigenvalue weighted by molar-refractivity contribution is 6.28. The van der Waals surface area contributed by atoms with E-state index in [0.29, 0.717) is 17.9 Å². The zero-order valence-electron chi connectivity index (χ0n) is 11.3. The first kappa shape index (κ1) is 13.7. The molecule has 7 heteroatoms. The molecule has 1 unspecified atom stereocenters. The van der Waals surface area contributed by atoms with Crippen molar-refractivity contribution in [2.45, 2.75) is 33.2 Å². The van der Waals surface area contributed by atoms with Crippen LogP contribution in [0.5, 0.6) is 0 Å². The Kier molecular flexibility index (Phi) is 4.31. The van der Waals surface area contributed by atoms with E-state index in [-0.39, 0.29) is 5.28 Å². The van der Waals surface area contributed by atoms with Crippen molar-refractivity contribution in [2.24, 2.45) is 0 Å². The zero-order valence-corrected chi connectivity index (χ0v) is 12.0. The number of imidazole rings is 1. The predicted octanol–water partition coefficient (Wildman–Crippen LogP) is 2.34. The average molecular weight is 281 g/mol. The van der Waals surface area contributed by atoms with Crippen LogP contribution in [-0.2, 0) is 0 Å². The van der Waals surface area contributed by atoms with Crippen LogP contribution in [0.15, 0.2) is 18.7 Å². The number of anilines is 1. The lowest BCUT2D eigenvalue weighted by Gasteiger charge is -2.27. The second-order valence-electron chi connectivity index (χ2n) is 4.22. The topological polar surface area (TPSA) is 59.7 Å². The van der Waals surface area contributed by atoms with Crippen LogP contribution in [-0.4, -0.2) is 37.1 Å². The molecule has 0 spiro atoms. The minimum atomic E-state index is 0.190. The zero-order chi connectivity index (χ0) is 13.8. The van der Waals surface area contributed by atoms with Gasteiger partial charge in [0, 0.05) is 25.0 Å². The number of hydrogen-bond donors (Lipinski definition) is 0. The van der Waals surface area contributed by atoms with Crippen molar-refractivity contribution in [3.05, 3.63) is 24.0 Å². The van der Waals surface area contributed by atoms with E-state index < -0.39 is 0 Å². The molecule has 102 valence electrons. The maximum Gasteiger partial charge on any atom is 0.241 e. The molecule has 19 heavy (non-hydrogen) atoms. The SMILES string of the molecule is CCC(C)N(CC)c1nc(Cl)nc(-n2ccnc2)n1. The first-order chi connectivity index (χ1) is 9.15. The molecule has 0 radical (unpaired) electrons. The summed E-state index contributed by atoms with van der Waals surface area (Å²) in [4.78, 5) is 18.9. The summed E-state index contributed by atoms with van der Waals surface area (Å²) in [5, 5.41) is 0.190. The second-order valence-corrected chi connectivity index (χ2v) is 4.56. The number of nitrogens with zero attached hydrogens (tertiary/aromatic N) is 6. The maximum absolute atomic E-state index is 5.99. The third-order valence-corrected chi connectivity index (χ3v) is 3.21. The Morgan fingerprint density at radius 2 is 2.11 bits per heavy atom. The minimum Gasteiger partial charge on any atom is -0.338 e. The second kappa shape index (κ2) is 5.97. The van der Waals surface area contributed by atoms with E-state index >= 15 is 0 Å². The van der Waals surface area contributed by atoms with Crippen LogP contribution in [0.25, 0.3) is 5.95 Å². The van der Waals surface area contributed by atoms with E-state index in [1.807, 2.05) is 0 Å². The molecule has 2 aromatic heterocycles. The molecule has 2 aromatic rings. The van der Waals surface area contributed by atoms with Crippen LogP contribution in [0, 0.1) is 0 Å². The molecule has 0 amide bonds. The minimum absolute atomic E-state index is 0.190. The Hall–Kier alpha value is -1.69. The summed E-state index contributed by atoms with van der Waals surface area (Å²) in [6.07, 6.45) is 6.09. The number of halogens is 1. The largest absolute Gasteiger partial charge is 0.338 e. The van der Waals surface area contributed by atoms with Gasteiger partial charge in [-0.25, -0.2) is 4.98 Å². The van der Waals surface area contributed by atoms with Crippen molar-refractivity contribution in [1.82, 2.24) is 24.5 Å². The van der Waals surface area contributed by atoms with Gasteiger partial charge in [0.05, 0.1) is 0 Å². The van der Waals surface area contributed by atoms with Gasteiger partial charge in [0.2, 0.25) is 17.2 Å². The Bertz CT molecular complexity index is 527. The summed E-state index contributed by atoms with van der Waals surface area (Å²) in [7, 11) is 0. The van der Waals surface area contributed by atoms with Crippen molar-refractivity contribution in [3.63, 3.8) is 0 Å². The van der Waals surface area contributed by atoms with Crippen molar-refractivity contribution in [3.8, 4) is 5.95 Å². The van der Waals surface area contributed by atoms with Crippen LogP contribution in [0.4, 0.5) is 5.95 Å². The summed E-state index contributed by atoms with van der Waals surface area (Å²) in [6, 6.07) is 0.346. The molecule has 2 rings (SSSR count). The molecule has 0 aliphatic rings. The molecule has 2 heterocycles. The van der Waals surface area contributed by atoms with E-state index in [9.17, 15) is 0 Å². The lowest BCUT2D eigenvalue weighted by molar-refractivity contribution is 0.611. The number of rotatable bonds is 5. The van der Waals surface area contributed by atoms with Gasteiger partial charge in [-0.05, 0) is 31.9 Å². The van der Waals surface area contributed by atoms with Crippen LogP contribution in [0.2, 0.25) is 5.28 Å². The molecule has 0 saturated carbocycles. The van der Waals surface area contributed by atoms with Crippen molar-refractivity contribution in [1.29, 1.82) is 0 Å². The van der Waals surface area contributed by atoms with Gasteiger partial charge < -0.3 is 4.90 Å². The van der Waals surface area contributed by atoms with Crippen LogP contribution in [0.3, 0.4) is 0 Å². The van der Waals surface area contributed by atoms with Crippen LogP contribution < -0.4 is 4.90 Å². The highest BCUT2D eigenvalue weighted by Gasteiger charge is 2.16. The molecule has 0 saturated heterocycles. The summed E-state index contributed by atoms with van der Waals surface area (Å²) in [5.74, 6) is 1.08. The smallest absolute Gasteiger partial charge is 0.241 e. The number of aromatic nitrogens is 5. The van der Waals surface area contributed by atoms with Gasteiger partial charge in [0.1, 0.15) is 6.33 Å². The van der Waals surface area contributed by atoms with Crippen LogP contribution in [0.1, 0.15) is 27.2 Å². The molecule has 0 N–H and O–H groups in total. The van der Waals surface area contributed by atoms with Gasteiger partial charge in [-0.1, -0.05) is 6.92 Å². The van der Waals surface area contributed by atoms with Crippen molar-refractivity contribution >= 4 is 17.5 Å². The van der Waals surface area contributed by atoms with E-state index in [2.05, 4.69) is 45.6 Å². The van der Waals surface area contributed by atoms with Crippen molar-refractivity contribution in [2.75, 3.05) is 11.4 Å². The lowest BCUT2D eigenvalue weighted by atomic mass is 10.2. The highest BCUT2D eigenvalue weighted by atomic mass is 35.5. The fourth-order valence-electron chi connectivity index (χ4n) is 1.82. The Morgan fingerprint density at radius 3 is 2.68 bits per heavy atom. The summed E-state index contributed by atoms with van der Waals surface area (Å²) in [6.45, 7) is 7.16. The Labute approximate surface area is 117 Å². The van der Waals surface area contributed by atoms with Gasteiger partial charge in [0.15, 0.2) is 0 Å². The van der Waals surface area contributed by atoms with Gasteiger partial charge in [-0.15, -0.1) is 0 Å². The molecular formula is C12H17ClN6. The van der Waals surface area contributed by atoms with E-state index in [4.69, 9.17) is 11.6 Å². The number of hydrogen-bond acceptors (Lipinski definition) is 5. The molecule has 6 nitrogen and oxygen atoms in total. The van der Waals surface area contributed by atoms with Gasteiger partial charge >= 0.3 is 0 Å². The van der Waals surface area contributed by atoms with E-state index in [0.717, 1.165) is 13.0 Å². The Balaban J connectivity index is 2.41. The van der Waals surface area contributed by atoms with Gasteiger partial charge in [0.25, 0.3) is 0 Å². The standard InChI is InChI=1S/C12H17ClN6/c1-4-9(3)19(5-2)12-16-10(13)15-11(17-12)18-7-6-14-8-18/h6-9H,4-5H2,1-3H3. The lowest BCUT2D eigenvalue weighted by Crippen LogP contribution is -2.34. The summed E-state index contributed by atoms with van der Waals surface area (Å²) in [5.41, 5.74) is 0. The average Bonchev–Trinajstić information content (AvgIpc) is 2.92. The quantitative estimate of drug-likeness (QED) is 0.841. The third kappa shape index (κ3) is 3.01. The molecule has 1 atom stereocenters. The molecular weight excluding hydrogens is 264 g/mol. The summed E-state index contributed by atoms with van der Waals surface area (Å²) < 4.78 is 1.71. The van der Waals surface area contributed by atoms with E-state index in [1.165, 1.54) is 0 Å². The maximum atomic E-state index is 5.99. The monoisotopic (exact) mass is 280 g/mol. The van der Waals surface area contributed by atoms with Gasteiger partial charge in [-0.2, -0.15) is 15.0 Å². The Morgan fingerprint density at radius 1 is 1.32 bits per heavy atom. The van der Waals surface area contributed by atoms with Crippen LogP contribution >= 0.6 is 11.6 Å². The first-order valence-electron chi connectivity index (χ1n) is 6.32. The fraction of sp³-hybridized carbons (Fsp3) is 0.500. The van der Waals surface area contributed by atoms with Gasteiger partial charge in [-0.3, -0.25) is 4.57 Å². The first-order valence-corrected chi connectivity index (χ1v) is 6.70. The van der Waals surface area contributed by atoms with E-state index in [1.54, 1.807) is 23.3 Å². The fourth-order valence-corrected chi connectivity index (χ4v) is 1.97. The third-order valence-electron chi connectivity index (χ3n) is 3.04. The molecule has 0 bridgehead atoms. The van der Waals surface area contributed by atoms with Crippen molar-refractivity contribution < 1.29 is 0 Å². The molecule has 0 aliphatic heterocycles. The molecule has 0 fully saturated rings. The summed E-state index contributed by atoms with van der Waals surface area (Å²) >= 11 is 5.99.